The highest BCUT2D eigenvalue weighted by Crippen LogP contribution is 2.33. The van der Waals surface area contributed by atoms with Gasteiger partial charge in [0.05, 0.1) is 12.6 Å². The Morgan fingerprint density at radius 2 is 2.39 bits per heavy atom. The van der Waals surface area contributed by atoms with Crippen molar-refractivity contribution in [2.45, 2.75) is 38.4 Å². The molecular weight excluding hydrogens is 248 g/mol. The van der Waals surface area contributed by atoms with Gasteiger partial charge in [-0.3, -0.25) is 0 Å². The van der Waals surface area contributed by atoms with Gasteiger partial charge in [0.15, 0.2) is 0 Å². The summed E-state index contributed by atoms with van der Waals surface area (Å²) in [6.45, 7) is 2.68. The fourth-order valence-corrected chi connectivity index (χ4v) is 2.54. The zero-order valence-corrected chi connectivity index (χ0v) is 11.1. The Hall–Kier alpha value is -1.40. The third-order valence-corrected chi connectivity index (χ3v) is 3.82. The number of hydrogen-bond acceptors (Lipinski definition) is 6. The normalized spacial score (nSPS) is 16.8. The van der Waals surface area contributed by atoms with Crippen LogP contribution in [-0.2, 0) is 6.54 Å². The van der Waals surface area contributed by atoms with Gasteiger partial charge in [0.25, 0.3) is 0 Å². The van der Waals surface area contributed by atoms with Crippen LogP contribution >= 0.6 is 11.3 Å². The monoisotopic (exact) mass is 264 g/mol. The minimum Gasteiger partial charge on any atom is -0.406 e. The lowest BCUT2D eigenvalue weighted by Gasteiger charge is -2.18. The first-order valence-electron chi connectivity index (χ1n) is 6.12. The number of nitrogens with two attached hydrogens (primary N) is 1. The van der Waals surface area contributed by atoms with Gasteiger partial charge in [-0.2, -0.15) is 0 Å². The standard InChI is InChI=1S/C12H16N4OS/c1-8(13)11-14-15-12(17-11)16(9-4-5-9)7-10-3-2-6-18-10/h2-3,6,8-9H,4-5,7,13H2,1H3. The molecule has 0 radical (unpaired) electrons. The fraction of sp³-hybridized carbons (Fsp3) is 0.500. The Bertz CT molecular complexity index is 504. The molecule has 6 heteroatoms. The van der Waals surface area contributed by atoms with E-state index in [0.29, 0.717) is 17.9 Å². The predicted octanol–water partition coefficient (Wildman–Crippen LogP) is 2.32. The predicted molar refractivity (Wildman–Crippen MR) is 70.4 cm³/mol. The average Bonchev–Trinajstić information content (AvgIpc) is 2.88. The molecule has 96 valence electrons. The van der Waals surface area contributed by atoms with Crippen molar-refractivity contribution in [3.8, 4) is 0 Å². The smallest absolute Gasteiger partial charge is 0.318 e. The third kappa shape index (κ3) is 2.39. The summed E-state index contributed by atoms with van der Waals surface area (Å²) in [7, 11) is 0. The number of nitrogens with zero attached hydrogens (tertiary/aromatic N) is 3. The SMILES string of the molecule is CC(N)c1nnc(N(Cc2cccs2)C2CC2)o1. The van der Waals surface area contributed by atoms with Crippen molar-refractivity contribution in [3.05, 3.63) is 28.3 Å². The fourth-order valence-electron chi connectivity index (χ4n) is 1.84. The molecule has 1 unspecified atom stereocenters. The average molecular weight is 264 g/mol. The lowest BCUT2D eigenvalue weighted by molar-refractivity contribution is 0.454. The molecule has 1 aliphatic carbocycles. The zero-order valence-electron chi connectivity index (χ0n) is 10.2. The molecular formula is C12H16N4OS. The van der Waals surface area contributed by atoms with Gasteiger partial charge in [-0.05, 0) is 31.2 Å². The van der Waals surface area contributed by atoms with Gasteiger partial charge < -0.3 is 15.1 Å². The van der Waals surface area contributed by atoms with E-state index in [4.69, 9.17) is 10.2 Å². The quantitative estimate of drug-likeness (QED) is 0.897. The Morgan fingerprint density at radius 1 is 1.56 bits per heavy atom. The van der Waals surface area contributed by atoms with E-state index in [-0.39, 0.29) is 6.04 Å². The molecule has 1 aliphatic rings. The second kappa shape index (κ2) is 4.70. The van der Waals surface area contributed by atoms with Crippen LogP contribution in [0.15, 0.2) is 21.9 Å². The zero-order chi connectivity index (χ0) is 12.5. The molecule has 0 saturated heterocycles. The van der Waals surface area contributed by atoms with Crippen LogP contribution in [0.25, 0.3) is 0 Å². The van der Waals surface area contributed by atoms with Gasteiger partial charge in [-0.1, -0.05) is 11.2 Å². The molecule has 3 rings (SSSR count). The van der Waals surface area contributed by atoms with Gasteiger partial charge in [-0.25, -0.2) is 0 Å². The maximum Gasteiger partial charge on any atom is 0.318 e. The number of aromatic nitrogens is 2. The van der Waals surface area contributed by atoms with Crippen molar-refractivity contribution in [2.75, 3.05) is 4.90 Å². The van der Waals surface area contributed by atoms with E-state index in [1.165, 1.54) is 17.7 Å². The molecule has 18 heavy (non-hydrogen) atoms. The molecule has 0 spiro atoms. The first-order valence-corrected chi connectivity index (χ1v) is 7.00. The molecule has 0 aliphatic heterocycles. The molecule has 1 fully saturated rings. The van der Waals surface area contributed by atoms with Crippen molar-refractivity contribution < 1.29 is 4.42 Å². The third-order valence-electron chi connectivity index (χ3n) is 2.96. The first kappa shape index (κ1) is 11.7. The van der Waals surface area contributed by atoms with E-state index >= 15 is 0 Å². The minimum absolute atomic E-state index is 0.214. The summed E-state index contributed by atoms with van der Waals surface area (Å²) in [5.41, 5.74) is 5.74. The van der Waals surface area contributed by atoms with Crippen LogP contribution in [0.4, 0.5) is 6.01 Å². The highest BCUT2D eigenvalue weighted by atomic mass is 32.1. The van der Waals surface area contributed by atoms with Gasteiger partial charge in [0.2, 0.25) is 5.89 Å². The van der Waals surface area contributed by atoms with Crippen LogP contribution in [0.1, 0.15) is 36.6 Å². The van der Waals surface area contributed by atoms with E-state index in [2.05, 4.69) is 32.6 Å². The lowest BCUT2D eigenvalue weighted by Crippen LogP contribution is -2.24. The summed E-state index contributed by atoms with van der Waals surface area (Å²) in [5.74, 6) is 0.502. The molecule has 1 atom stereocenters. The lowest BCUT2D eigenvalue weighted by atomic mass is 10.4. The molecule has 5 nitrogen and oxygen atoms in total. The Balaban J connectivity index is 1.80. The van der Waals surface area contributed by atoms with E-state index in [9.17, 15) is 0 Å². The van der Waals surface area contributed by atoms with Crippen LogP contribution in [0, 0.1) is 0 Å². The van der Waals surface area contributed by atoms with Gasteiger partial charge in [0, 0.05) is 10.9 Å². The van der Waals surface area contributed by atoms with Crippen LogP contribution < -0.4 is 10.6 Å². The number of hydrogen-bond donors (Lipinski definition) is 1. The summed E-state index contributed by atoms with van der Waals surface area (Å²) in [4.78, 5) is 3.49. The van der Waals surface area contributed by atoms with Crippen molar-refractivity contribution in [2.24, 2.45) is 5.73 Å². The first-order chi connectivity index (χ1) is 8.74. The minimum atomic E-state index is -0.214. The second-order valence-electron chi connectivity index (χ2n) is 4.65. The maximum atomic E-state index is 5.74. The van der Waals surface area contributed by atoms with Crippen molar-refractivity contribution in [1.29, 1.82) is 0 Å². The largest absolute Gasteiger partial charge is 0.406 e. The molecule has 0 aromatic carbocycles. The molecule has 0 amide bonds. The molecule has 2 N–H and O–H groups in total. The van der Waals surface area contributed by atoms with Gasteiger partial charge >= 0.3 is 6.01 Å². The van der Waals surface area contributed by atoms with E-state index in [1.807, 2.05) is 6.92 Å². The van der Waals surface area contributed by atoms with Gasteiger partial charge in [0.1, 0.15) is 0 Å². The summed E-state index contributed by atoms with van der Waals surface area (Å²) < 4.78 is 5.64. The Labute approximate surface area is 110 Å². The summed E-state index contributed by atoms with van der Waals surface area (Å²) in [5, 5.41) is 10.2. The van der Waals surface area contributed by atoms with Crippen molar-refractivity contribution >= 4 is 17.4 Å². The summed E-state index contributed by atoms with van der Waals surface area (Å²) >= 11 is 1.75. The molecule has 2 aromatic heterocycles. The highest BCUT2D eigenvalue weighted by Gasteiger charge is 2.32. The summed E-state index contributed by atoms with van der Waals surface area (Å²) in [6.07, 6.45) is 2.39. The van der Waals surface area contributed by atoms with Crippen molar-refractivity contribution in [3.63, 3.8) is 0 Å². The van der Waals surface area contributed by atoms with E-state index in [1.54, 1.807) is 11.3 Å². The van der Waals surface area contributed by atoms with Crippen LogP contribution in [0.5, 0.6) is 0 Å². The van der Waals surface area contributed by atoms with Crippen molar-refractivity contribution in [1.82, 2.24) is 10.2 Å². The van der Waals surface area contributed by atoms with E-state index in [0.717, 1.165) is 6.54 Å². The Kier molecular flexibility index (Phi) is 3.05. The second-order valence-corrected chi connectivity index (χ2v) is 5.68. The van der Waals surface area contributed by atoms with Crippen LogP contribution in [-0.4, -0.2) is 16.2 Å². The van der Waals surface area contributed by atoms with Crippen LogP contribution in [0.3, 0.4) is 0 Å². The molecule has 2 heterocycles. The summed E-state index contributed by atoms with van der Waals surface area (Å²) in [6, 6.07) is 5.11. The van der Waals surface area contributed by atoms with E-state index < -0.39 is 0 Å². The number of rotatable bonds is 5. The maximum absolute atomic E-state index is 5.74. The van der Waals surface area contributed by atoms with Gasteiger partial charge in [-0.15, -0.1) is 16.4 Å². The molecule has 0 bridgehead atoms. The highest BCUT2D eigenvalue weighted by molar-refractivity contribution is 7.09. The molecule has 1 saturated carbocycles. The van der Waals surface area contributed by atoms with Crippen LogP contribution in [0.2, 0.25) is 0 Å². The Morgan fingerprint density at radius 3 is 2.94 bits per heavy atom. The number of anilines is 1. The topological polar surface area (TPSA) is 68.2 Å². The molecule has 2 aromatic rings. The number of thiophene rings is 1.